The van der Waals surface area contributed by atoms with E-state index in [1.54, 1.807) is 24.0 Å². The van der Waals surface area contributed by atoms with Gasteiger partial charge in [-0.15, -0.1) is 5.10 Å². The number of rotatable bonds is 7. The fraction of sp³-hybridized carbons (Fsp3) is 0.750. The Kier molecular flexibility index (Phi) is 5.27. The average Bonchev–Trinajstić information content (AvgIpc) is 2.74. The molecule has 1 unspecified atom stereocenters. The summed E-state index contributed by atoms with van der Waals surface area (Å²) >= 11 is 0. The molecule has 6 heteroatoms. The highest BCUT2D eigenvalue weighted by Crippen LogP contribution is 2.14. The van der Waals surface area contributed by atoms with E-state index in [0.717, 1.165) is 0 Å². The summed E-state index contributed by atoms with van der Waals surface area (Å²) in [6.45, 7) is 6.60. The molecule has 0 bridgehead atoms. The number of aryl methyl sites for hydroxylation is 1. The summed E-state index contributed by atoms with van der Waals surface area (Å²) in [4.78, 5) is 11.6. The molecule has 0 fully saturated rings. The predicted octanol–water partition coefficient (Wildman–Crippen LogP) is 0.581. The molecule has 0 saturated carbocycles. The van der Waals surface area contributed by atoms with Crippen LogP contribution in [0, 0.1) is 5.92 Å². The van der Waals surface area contributed by atoms with Crippen molar-refractivity contribution in [3.05, 3.63) is 12.4 Å². The van der Waals surface area contributed by atoms with Crippen LogP contribution in [0.25, 0.3) is 0 Å². The number of hydrogen-bond donors (Lipinski definition) is 2. The molecule has 1 aromatic rings. The Hall–Kier alpha value is -1.43. The molecule has 0 aliphatic carbocycles. The van der Waals surface area contributed by atoms with Gasteiger partial charge in [0.1, 0.15) is 0 Å². The van der Waals surface area contributed by atoms with Crippen LogP contribution < -0.4 is 5.32 Å². The Morgan fingerprint density at radius 1 is 1.56 bits per heavy atom. The maximum absolute atomic E-state index is 11.6. The molecule has 6 nitrogen and oxygen atoms in total. The third-order valence-corrected chi connectivity index (χ3v) is 2.55. The largest absolute Gasteiger partial charge is 0.388 e. The van der Waals surface area contributed by atoms with Gasteiger partial charge in [0, 0.05) is 19.2 Å². The molecule has 102 valence electrons. The van der Waals surface area contributed by atoms with E-state index in [0.29, 0.717) is 25.3 Å². The van der Waals surface area contributed by atoms with E-state index in [9.17, 15) is 9.90 Å². The lowest BCUT2D eigenvalue weighted by atomic mass is 9.94. The van der Waals surface area contributed by atoms with Gasteiger partial charge < -0.3 is 10.4 Å². The van der Waals surface area contributed by atoms with Crippen LogP contribution in [0.3, 0.4) is 0 Å². The van der Waals surface area contributed by atoms with Crippen molar-refractivity contribution in [3.63, 3.8) is 0 Å². The van der Waals surface area contributed by atoms with Gasteiger partial charge >= 0.3 is 0 Å². The number of nitrogens with one attached hydrogen (secondary N) is 1. The van der Waals surface area contributed by atoms with Crippen molar-refractivity contribution >= 4 is 5.91 Å². The second-order valence-corrected chi connectivity index (χ2v) is 5.29. The highest BCUT2D eigenvalue weighted by atomic mass is 16.3. The van der Waals surface area contributed by atoms with Gasteiger partial charge in [-0.1, -0.05) is 19.1 Å². The molecule has 0 saturated heterocycles. The van der Waals surface area contributed by atoms with Crippen LogP contribution in [-0.2, 0) is 11.3 Å². The minimum atomic E-state index is -0.850. The summed E-state index contributed by atoms with van der Waals surface area (Å²) < 4.78 is 1.60. The van der Waals surface area contributed by atoms with Crippen molar-refractivity contribution in [1.29, 1.82) is 0 Å². The van der Waals surface area contributed by atoms with Crippen molar-refractivity contribution in [1.82, 2.24) is 20.3 Å². The first-order valence-corrected chi connectivity index (χ1v) is 6.22. The van der Waals surface area contributed by atoms with Crippen LogP contribution >= 0.6 is 0 Å². The standard InChI is InChI=1S/C12H22N4O2/c1-10(2)8-12(3,18)9-13-11(17)4-6-16-7-5-14-15-16/h5,7,10,18H,4,6,8-9H2,1-3H3,(H,13,17). The molecule has 1 aromatic heterocycles. The second-order valence-electron chi connectivity index (χ2n) is 5.29. The number of hydrogen-bond acceptors (Lipinski definition) is 4. The summed E-state index contributed by atoms with van der Waals surface area (Å²) in [5.41, 5.74) is -0.850. The van der Waals surface area contributed by atoms with Crippen LogP contribution in [0.5, 0.6) is 0 Å². The first kappa shape index (κ1) is 14.6. The summed E-state index contributed by atoms with van der Waals surface area (Å²) in [6.07, 6.45) is 4.28. The van der Waals surface area contributed by atoms with Crippen molar-refractivity contribution in [2.45, 2.75) is 45.8 Å². The molecule has 2 N–H and O–H groups in total. The highest BCUT2D eigenvalue weighted by Gasteiger charge is 2.22. The normalized spacial score (nSPS) is 14.5. The zero-order valence-electron chi connectivity index (χ0n) is 11.3. The van der Waals surface area contributed by atoms with Gasteiger partial charge in [0.05, 0.1) is 18.3 Å². The van der Waals surface area contributed by atoms with Gasteiger partial charge in [-0.3, -0.25) is 9.48 Å². The zero-order valence-corrected chi connectivity index (χ0v) is 11.3. The SMILES string of the molecule is CC(C)CC(C)(O)CNC(=O)CCn1ccnn1. The fourth-order valence-corrected chi connectivity index (χ4v) is 1.90. The second kappa shape index (κ2) is 6.49. The minimum Gasteiger partial charge on any atom is -0.388 e. The molecule has 0 radical (unpaired) electrons. The topological polar surface area (TPSA) is 80.0 Å². The predicted molar refractivity (Wildman–Crippen MR) is 67.7 cm³/mol. The molecule has 1 heterocycles. The monoisotopic (exact) mass is 254 g/mol. The molecule has 1 amide bonds. The molecular formula is C12H22N4O2. The number of carbonyl (C=O) groups is 1. The van der Waals surface area contributed by atoms with Gasteiger partial charge in [-0.05, 0) is 19.3 Å². The Morgan fingerprint density at radius 3 is 2.83 bits per heavy atom. The van der Waals surface area contributed by atoms with Gasteiger partial charge in [-0.2, -0.15) is 0 Å². The van der Waals surface area contributed by atoms with Crippen LogP contribution in [0.15, 0.2) is 12.4 Å². The van der Waals surface area contributed by atoms with Crippen molar-refractivity contribution in [2.24, 2.45) is 5.92 Å². The Labute approximate surface area is 107 Å². The molecule has 0 aromatic carbocycles. The van der Waals surface area contributed by atoms with Crippen molar-refractivity contribution < 1.29 is 9.90 Å². The molecule has 0 aliphatic rings. The Bertz CT molecular complexity index is 360. The van der Waals surface area contributed by atoms with E-state index < -0.39 is 5.60 Å². The molecule has 0 spiro atoms. The van der Waals surface area contributed by atoms with E-state index in [1.165, 1.54) is 0 Å². The van der Waals surface area contributed by atoms with E-state index in [4.69, 9.17) is 0 Å². The summed E-state index contributed by atoms with van der Waals surface area (Å²) in [7, 11) is 0. The first-order chi connectivity index (χ1) is 8.39. The lowest BCUT2D eigenvalue weighted by molar-refractivity contribution is -0.122. The summed E-state index contributed by atoms with van der Waals surface area (Å²) in [6, 6.07) is 0. The minimum absolute atomic E-state index is 0.0884. The summed E-state index contributed by atoms with van der Waals surface area (Å²) in [5.74, 6) is 0.307. The smallest absolute Gasteiger partial charge is 0.221 e. The van der Waals surface area contributed by atoms with Crippen molar-refractivity contribution in [3.8, 4) is 0 Å². The Morgan fingerprint density at radius 2 is 2.28 bits per heavy atom. The summed E-state index contributed by atoms with van der Waals surface area (Å²) in [5, 5.41) is 20.2. The number of carbonyl (C=O) groups excluding carboxylic acids is 1. The Balaban J connectivity index is 2.24. The number of amides is 1. The van der Waals surface area contributed by atoms with E-state index >= 15 is 0 Å². The zero-order chi connectivity index (χ0) is 13.6. The van der Waals surface area contributed by atoms with E-state index in [-0.39, 0.29) is 12.5 Å². The third-order valence-electron chi connectivity index (χ3n) is 2.55. The third kappa shape index (κ3) is 5.77. The highest BCUT2D eigenvalue weighted by molar-refractivity contribution is 5.75. The van der Waals surface area contributed by atoms with Crippen molar-refractivity contribution in [2.75, 3.05) is 6.54 Å². The number of aromatic nitrogens is 3. The number of aliphatic hydroxyl groups is 1. The van der Waals surface area contributed by atoms with Crippen LogP contribution in [0.1, 0.15) is 33.6 Å². The first-order valence-electron chi connectivity index (χ1n) is 6.22. The lowest BCUT2D eigenvalue weighted by Crippen LogP contribution is -2.41. The lowest BCUT2D eigenvalue weighted by Gasteiger charge is -2.25. The van der Waals surface area contributed by atoms with Gasteiger partial charge in [-0.25, -0.2) is 0 Å². The van der Waals surface area contributed by atoms with Gasteiger partial charge in [0.15, 0.2) is 0 Å². The molecule has 18 heavy (non-hydrogen) atoms. The molecule has 0 aliphatic heterocycles. The van der Waals surface area contributed by atoms with Gasteiger partial charge in [0.25, 0.3) is 0 Å². The maximum atomic E-state index is 11.6. The van der Waals surface area contributed by atoms with E-state index in [1.807, 2.05) is 13.8 Å². The average molecular weight is 254 g/mol. The fourth-order valence-electron chi connectivity index (χ4n) is 1.90. The number of nitrogens with zero attached hydrogens (tertiary/aromatic N) is 3. The quantitative estimate of drug-likeness (QED) is 0.746. The molecule has 1 atom stereocenters. The van der Waals surface area contributed by atoms with E-state index in [2.05, 4.69) is 15.6 Å². The molecular weight excluding hydrogens is 232 g/mol. The molecule has 1 rings (SSSR count). The van der Waals surface area contributed by atoms with Gasteiger partial charge in [0.2, 0.25) is 5.91 Å². The maximum Gasteiger partial charge on any atom is 0.221 e. The van der Waals surface area contributed by atoms with Crippen LogP contribution in [-0.4, -0.2) is 38.2 Å². The van der Waals surface area contributed by atoms with Crippen LogP contribution in [0.4, 0.5) is 0 Å². The van der Waals surface area contributed by atoms with Crippen LogP contribution in [0.2, 0.25) is 0 Å².